The zero-order valence-electron chi connectivity index (χ0n) is 4.68. The van der Waals surface area contributed by atoms with Crippen molar-refractivity contribution < 1.29 is 18.0 Å². The van der Waals surface area contributed by atoms with Crippen molar-refractivity contribution in [1.82, 2.24) is 4.31 Å². The summed E-state index contributed by atoms with van der Waals surface area (Å²) >= 11 is 0. The molecule has 0 saturated carbocycles. The fourth-order valence-corrected chi connectivity index (χ4v) is 1.01. The Morgan fingerprint density at radius 3 is 1.64 bits per heavy atom. The van der Waals surface area contributed by atoms with Crippen LogP contribution in [0, 0.1) is 0 Å². The molecule has 5 nitrogen and oxygen atoms in total. The van der Waals surface area contributed by atoms with E-state index in [0.717, 1.165) is 12.2 Å². The molecule has 0 aromatic rings. The molecular weight excluding hydrogens is 165 g/mol. The minimum absolute atomic E-state index is 0. The van der Waals surface area contributed by atoms with Gasteiger partial charge in [-0.05, 0) is 0 Å². The van der Waals surface area contributed by atoms with E-state index in [4.69, 9.17) is 0 Å². The van der Waals surface area contributed by atoms with Gasteiger partial charge in [0, 0.05) is 12.2 Å². The van der Waals surface area contributed by atoms with E-state index < -0.39 is 22.7 Å². The molecule has 0 bridgehead atoms. The second-order valence-corrected chi connectivity index (χ2v) is 2.44. The molecule has 56 valence electrons. The molecule has 0 saturated heterocycles. The van der Waals surface area contributed by atoms with Gasteiger partial charge in [0.05, 0.1) is 0 Å². The first-order chi connectivity index (χ1) is 4.63. The van der Waals surface area contributed by atoms with Gasteiger partial charge in [-0.25, -0.2) is 8.42 Å². The second-order valence-electron chi connectivity index (χ2n) is 1.56. The van der Waals surface area contributed by atoms with Crippen molar-refractivity contribution in [3.63, 3.8) is 0 Å². The van der Waals surface area contributed by atoms with E-state index >= 15 is 0 Å². The summed E-state index contributed by atoms with van der Waals surface area (Å²) in [5.74, 6) is -1.61. The van der Waals surface area contributed by atoms with Crippen molar-refractivity contribution in [2.45, 2.75) is 0 Å². The summed E-state index contributed by atoms with van der Waals surface area (Å²) in [6.45, 7) is 0. The van der Waals surface area contributed by atoms with E-state index in [1.165, 1.54) is 0 Å². The average molecular weight is 169 g/mol. The number of nitrogens with zero attached hydrogens (tertiary/aromatic N) is 1. The van der Waals surface area contributed by atoms with Crippen LogP contribution in [0.4, 0.5) is 0 Å². The zero-order chi connectivity index (χ0) is 7.72. The van der Waals surface area contributed by atoms with Crippen molar-refractivity contribution in [2.24, 2.45) is 0 Å². The SMILES string of the molecule is O=C1C=CC(=O)N1[SH](=O)=O.[LiH]. The summed E-state index contributed by atoms with van der Waals surface area (Å²) in [5.41, 5.74) is 0. The number of hydrogen-bond donors (Lipinski definition) is 1. The van der Waals surface area contributed by atoms with Crippen molar-refractivity contribution in [3.8, 4) is 0 Å². The molecule has 0 fully saturated rings. The van der Waals surface area contributed by atoms with E-state index in [-0.39, 0.29) is 23.2 Å². The molecule has 1 rings (SSSR count). The fourth-order valence-electron chi connectivity index (χ4n) is 0.553. The third-order valence-electron chi connectivity index (χ3n) is 0.949. The number of carbonyl (C=O) groups is 2. The first kappa shape index (κ1) is 10.4. The van der Waals surface area contributed by atoms with Crippen LogP contribution in [0.1, 0.15) is 0 Å². The van der Waals surface area contributed by atoms with E-state index in [2.05, 4.69) is 0 Å². The Kier molecular flexibility index (Phi) is 3.52. The zero-order valence-corrected chi connectivity index (χ0v) is 5.58. The standard InChI is InChI=1S/C4H3NO4S.Li.H/c6-3-1-2-4(7)5(3)10(8)9;;/h1-2,10H;;. The molecule has 1 aliphatic rings. The Balaban J connectivity index is 0.000001000. The minimum atomic E-state index is -3.11. The van der Waals surface area contributed by atoms with Gasteiger partial charge < -0.3 is 0 Å². The van der Waals surface area contributed by atoms with Crippen molar-refractivity contribution in [2.75, 3.05) is 0 Å². The average Bonchev–Trinajstić information content (AvgIpc) is 2.11. The molecule has 7 heteroatoms. The van der Waals surface area contributed by atoms with Crippen LogP contribution in [0.15, 0.2) is 12.2 Å². The normalized spacial score (nSPS) is 15.9. The predicted molar refractivity (Wildman–Crippen MR) is 38.5 cm³/mol. The Morgan fingerprint density at radius 1 is 1.09 bits per heavy atom. The van der Waals surface area contributed by atoms with Crippen LogP contribution in [0.3, 0.4) is 0 Å². The molecule has 0 atom stereocenters. The molecule has 2 amide bonds. The van der Waals surface area contributed by atoms with Crippen LogP contribution in [0.2, 0.25) is 0 Å². The molecule has 0 aromatic heterocycles. The predicted octanol–water partition coefficient (Wildman–Crippen LogP) is -2.21. The van der Waals surface area contributed by atoms with Crippen LogP contribution in [0.25, 0.3) is 0 Å². The number of hydrogen-bond acceptors (Lipinski definition) is 4. The van der Waals surface area contributed by atoms with Crippen LogP contribution in [-0.2, 0) is 20.5 Å². The van der Waals surface area contributed by atoms with Crippen molar-refractivity contribution in [3.05, 3.63) is 12.2 Å². The third-order valence-corrected chi connectivity index (χ3v) is 1.67. The molecule has 1 aliphatic heterocycles. The fraction of sp³-hybridized carbons (Fsp3) is 0. The maximum atomic E-state index is 10.5. The molecule has 0 aromatic carbocycles. The Bertz CT molecular complexity index is 268. The first-order valence-corrected chi connectivity index (χ1v) is 3.46. The summed E-state index contributed by atoms with van der Waals surface area (Å²) in [7, 11) is -3.11. The van der Waals surface area contributed by atoms with Crippen LogP contribution in [-0.4, -0.2) is 43.4 Å². The van der Waals surface area contributed by atoms with Gasteiger partial charge in [0.2, 0.25) is 10.9 Å². The molecule has 1 heterocycles. The van der Waals surface area contributed by atoms with E-state index in [9.17, 15) is 18.0 Å². The molecular formula is C4H4LiNO4S. The Hall–Kier alpha value is -0.573. The molecule has 0 aliphatic carbocycles. The van der Waals surface area contributed by atoms with Crippen molar-refractivity contribution in [1.29, 1.82) is 0 Å². The number of rotatable bonds is 1. The second kappa shape index (κ2) is 3.71. The van der Waals surface area contributed by atoms with Gasteiger partial charge in [-0.2, -0.15) is 4.31 Å². The summed E-state index contributed by atoms with van der Waals surface area (Å²) in [6.07, 6.45) is 1.82. The molecule has 0 N–H and O–H groups in total. The topological polar surface area (TPSA) is 71.5 Å². The van der Waals surface area contributed by atoms with E-state index in [1.807, 2.05) is 0 Å². The van der Waals surface area contributed by atoms with Crippen LogP contribution >= 0.6 is 0 Å². The van der Waals surface area contributed by atoms with Gasteiger partial charge in [0.25, 0.3) is 11.8 Å². The summed E-state index contributed by atoms with van der Waals surface area (Å²) < 4.78 is 20.4. The summed E-state index contributed by atoms with van der Waals surface area (Å²) in [6, 6.07) is 0. The molecule has 11 heavy (non-hydrogen) atoms. The third kappa shape index (κ3) is 1.93. The summed E-state index contributed by atoms with van der Waals surface area (Å²) in [4.78, 5) is 20.9. The number of imide groups is 1. The maximum absolute atomic E-state index is 10.5. The van der Waals surface area contributed by atoms with Crippen LogP contribution in [0.5, 0.6) is 0 Å². The monoisotopic (exact) mass is 169 g/mol. The van der Waals surface area contributed by atoms with Gasteiger partial charge >= 0.3 is 18.9 Å². The number of carbonyl (C=O) groups excluding carboxylic acids is 2. The van der Waals surface area contributed by atoms with Crippen LogP contribution < -0.4 is 0 Å². The van der Waals surface area contributed by atoms with Gasteiger partial charge in [0.15, 0.2) is 0 Å². The van der Waals surface area contributed by atoms with Gasteiger partial charge in [-0.15, -0.1) is 0 Å². The Morgan fingerprint density at radius 2 is 1.45 bits per heavy atom. The molecule has 0 unspecified atom stereocenters. The molecule has 0 spiro atoms. The van der Waals surface area contributed by atoms with Crippen molar-refractivity contribution >= 4 is 41.6 Å². The van der Waals surface area contributed by atoms with Gasteiger partial charge in [-0.3, -0.25) is 9.59 Å². The number of amides is 2. The molecule has 0 radical (unpaired) electrons. The first-order valence-electron chi connectivity index (χ1n) is 2.33. The van der Waals surface area contributed by atoms with E-state index in [1.54, 1.807) is 0 Å². The van der Waals surface area contributed by atoms with Gasteiger partial charge in [0.1, 0.15) is 0 Å². The number of thiol groups is 1. The summed E-state index contributed by atoms with van der Waals surface area (Å²) in [5, 5.41) is 0. The van der Waals surface area contributed by atoms with E-state index in [0.29, 0.717) is 0 Å². The van der Waals surface area contributed by atoms with Gasteiger partial charge in [-0.1, -0.05) is 0 Å². The quantitative estimate of drug-likeness (QED) is 0.274. The Labute approximate surface area is 76.3 Å².